The van der Waals surface area contributed by atoms with Gasteiger partial charge in [0.25, 0.3) is 0 Å². The molecule has 0 aliphatic carbocycles. The first-order valence-corrected chi connectivity index (χ1v) is 9.20. The van der Waals surface area contributed by atoms with Gasteiger partial charge in [0.1, 0.15) is 5.58 Å². The highest BCUT2D eigenvalue weighted by Crippen LogP contribution is 2.41. The molecule has 1 heterocycles. The molecule has 0 bridgehead atoms. The van der Waals surface area contributed by atoms with Crippen molar-refractivity contribution in [3.63, 3.8) is 0 Å². The molecule has 5 aromatic rings. The molecule has 0 N–H and O–H groups in total. The molecule has 3 heteroatoms. The second-order valence-corrected chi connectivity index (χ2v) is 6.84. The Labute approximate surface area is 162 Å². The van der Waals surface area contributed by atoms with Crippen molar-refractivity contribution in [1.29, 1.82) is 0 Å². The number of fused-ring (bicyclic) bond motifs is 3. The Morgan fingerprint density at radius 2 is 1.30 bits per heavy atom. The predicted octanol–water partition coefficient (Wildman–Crippen LogP) is 7.71. The third kappa shape index (κ3) is 2.75. The van der Waals surface area contributed by atoms with Gasteiger partial charge in [-0.15, -0.1) is 0 Å². The molecular weight excluding hydrogens is 354 g/mol. The van der Waals surface area contributed by atoms with Crippen LogP contribution >= 0.6 is 11.6 Å². The van der Waals surface area contributed by atoms with E-state index in [0.29, 0.717) is 5.02 Å². The quantitative estimate of drug-likeness (QED) is 0.324. The molecule has 0 unspecified atom stereocenters. The molecule has 0 atom stereocenters. The molecule has 0 radical (unpaired) electrons. The van der Waals surface area contributed by atoms with Gasteiger partial charge >= 0.3 is 0 Å². The minimum absolute atomic E-state index is 0.672. The molecule has 0 aliphatic rings. The van der Waals surface area contributed by atoms with Crippen LogP contribution in [0.2, 0.25) is 5.02 Å². The maximum atomic E-state index is 6.26. The van der Waals surface area contributed by atoms with E-state index in [2.05, 4.69) is 47.4 Å². The Kier molecular flexibility index (Phi) is 3.84. The molecule has 0 spiro atoms. The lowest BCUT2D eigenvalue weighted by Gasteiger charge is -2.25. The number of para-hydroxylation sites is 3. The topological polar surface area (TPSA) is 16.4 Å². The van der Waals surface area contributed by atoms with Crippen molar-refractivity contribution >= 4 is 50.6 Å². The van der Waals surface area contributed by atoms with E-state index >= 15 is 0 Å². The normalized spacial score (nSPS) is 11.1. The second-order valence-electron chi connectivity index (χ2n) is 6.40. The summed E-state index contributed by atoms with van der Waals surface area (Å²) in [6.45, 7) is 0. The lowest BCUT2D eigenvalue weighted by Crippen LogP contribution is -2.09. The van der Waals surface area contributed by atoms with Crippen LogP contribution in [0.3, 0.4) is 0 Å². The van der Waals surface area contributed by atoms with Crippen molar-refractivity contribution in [3.8, 4) is 0 Å². The Morgan fingerprint density at radius 3 is 1.96 bits per heavy atom. The van der Waals surface area contributed by atoms with Crippen LogP contribution in [0.1, 0.15) is 0 Å². The Morgan fingerprint density at radius 1 is 0.630 bits per heavy atom. The summed E-state index contributed by atoms with van der Waals surface area (Å²) in [5, 5.41) is 2.82. The van der Waals surface area contributed by atoms with Gasteiger partial charge in [0.05, 0.1) is 5.69 Å². The Balaban J connectivity index is 1.82. The van der Waals surface area contributed by atoms with Crippen molar-refractivity contribution in [2.75, 3.05) is 4.90 Å². The van der Waals surface area contributed by atoms with E-state index in [1.54, 1.807) is 0 Å². The van der Waals surface area contributed by atoms with Crippen LogP contribution in [0, 0.1) is 0 Å². The highest BCUT2D eigenvalue weighted by Gasteiger charge is 2.18. The number of rotatable bonds is 3. The molecule has 0 fully saturated rings. The fourth-order valence-electron chi connectivity index (χ4n) is 3.51. The summed E-state index contributed by atoms with van der Waals surface area (Å²) in [7, 11) is 0. The third-order valence-corrected chi connectivity index (χ3v) is 4.94. The van der Waals surface area contributed by atoms with E-state index in [1.807, 2.05) is 54.6 Å². The summed E-state index contributed by atoms with van der Waals surface area (Å²) in [6, 6.07) is 32.7. The summed E-state index contributed by atoms with van der Waals surface area (Å²) < 4.78 is 6.26. The first-order chi connectivity index (χ1) is 13.3. The van der Waals surface area contributed by atoms with Crippen molar-refractivity contribution in [2.24, 2.45) is 0 Å². The van der Waals surface area contributed by atoms with Gasteiger partial charge in [-0.1, -0.05) is 60.1 Å². The predicted molar refractivity (Wildman–Crippen MR) is 113 cm³/mol. The smallest absolute Gasteiger partial charge is 0.159 e. The van der Waals surface area contributed by atoms with Crippen molar-refractivity contribution in [1.82, 2.24) is 0 Å². The Bertz CT molecular complexity index is 1190. The summed E-state index contributed by atoms with van der Waals surface area (Å²) >= 11 is 6.17. The van der Waals surface area contributed by atoms with Crippen LogP contribution in [0.15, 0.2) is 101 Å². The molecule has 4 aromatic carbocycles. The van der Waals surface area contributed by atoms with E-state index < -0.39 is 0 Å². The number of hydrogen-bond acceptors (Lipinski definition) is 2. The van der Waals surface area contributed by atoms with Crippen LogP contribution in [-0.4, -0.2) is 0 Å². The second kappa shape index (κ2) is 6.49. The van der Waals surface area contributed by atoms with Crippen molar-refractivity contribution in [3.05, 3.63) is 102 Å². The molecule has 27 heavy (non-hydrogen) atoms. The van der Waals surface area contributed by atoms with Gasteiger partial charge in [-0.25, -0.2) is 0 Å². The van der Waals surface area contributed by atoms with Crippen LogP contribution < -0.4 is 4.90 Å². The molecule has 0 saturated heterocycles. The van der Waals surface area contributed by atoms with Gasteiger partial charge in [0, 0.05) is 33.2 Å². The third-order valence-electron chi connectivity index (χ3n) is 4.71. The minimum atomic E-state index is 0.672. The van der Waals surface area contributed by atoms with E-state index in [9.17, 15) is 0 Å². The van der Waals surface area contributed by atoms with Crippen molar-refractivity contribution in [2.45, 2.75) is 0 Å². The number of anilines is 3. The van der Waals surface area contributed by atoms with Gasteiger partial charge in [0.15, 0.2) is 5.58 Å². The SMILES string of the molecule is Clc1ccc2c(c1)oc1c(N(c3ccccc3)c3ccccc3)cccc12. The lowest BCUT2D eigenvalue weighted by atomic mass is 10.1. The molecule has 0 saturated carbocycles. The zero-order chi connectivity index (χ0) is 18.2. The highest BCUT2D eigenvalue weighted by atomic mass is 35.5. The largest absolute Gasteiger partial charge is 0.454 e. The summed E-state index contributed by atoms with van der Waals surface area (Å²) in [4.78, 5) is 2.21. The fourth-order valence-corrected chi connectivity index (χ4v) is 3.68. The fraction of sp³-hybridized carbons (Fsp3) is 0. The van der Waals surface area contributed by atoms with Gasteiger partial charge < -0.3 is 9.32 Å². The van der Waals surface area contributed by atoms with E-state index in [1.165, 1.54) is 0 Å². The zero-order valence-corrected chi connectivity index (χ0v) is 15.2. The van der Waals surface area contributed by atoms with Crippen LogP contribution in [0.25, 0.3) is 21.9 Å². The number of furan rings is 1. The molecule has 130 valence electrons. The summed E-state index contributed by atoms with van der Waals surface area (Å²) in [5.41, 5.74) is 4.80. The van der Waals surface area contributed by atoms with Gasteiger partial charge in [-0.05, 0) is 42.5 Å². The Hall–Kier alpha value is -3.23. The van der Waals surface area contributed by atoms with E-state index in [0.717, 1.165) is 39.0 Å². The standard InChI is InChI=1S/C24H16ClNO/c25-17-14-15-20-21-12-7-13-22(24(21)27-23(20)16-17)26(18-8-3-1-4-9-18)19-10-5-2-6-11-19/h1-16H. The number of nitrogens with zero attached hydrogens (tertiary/aromatic N) is 1. The van der Waals surface area contributed by atoms with Gasteiger partial charge in [-0.2, -0.15) is 0 Å². The monoisotopic (exact) mass is 369 g/mol. The summed E-state index contributed by atoms with van der Waals surface area (Å²) in [6.07, 6.45) is 0. The lowest BCUT2D eigenvalue weighted by molar-refractivity contribution is 0.669. The maximum absolute atomic E-state index is 6.26. The highest BCUT2D eigenvalue weighted by molar-refractivity contribution is 6.31. The van der Waals surface area contributed by atoms with Crippen LogP contribution in [0.5, 0.6) is 0 Å². The average molecular weight is 370 g/mol. The first-order valence-electron chi connectivity index (χ1n) is 8.82. The summed E-state index contributed by atoms with van der Waals surface area (Å²) in [5.74, 6) is 0. The molecule has 1 aromatic heterocycles. The van der Waals surface area contributed by atoms with E-state index in [-0.39, 0.29) is 0 Å². The number of benzene rings is 4. The van der Waals surface area contributed by atoms with Gasteiger partial charge in [-0.3, -0.25) is 0 Å². The zero-order valence-electron chi connectivity index (χ0n) is 14.5. The molecule has 5 rings (SSSR count). The number of hydrogen-bond donors (Lipinski definition) is 0. The van der Waals surface area contributed by atoms with Crippen LogP contribution in [0.4, 0.5) is 17.1 Å². The molecule has 0 aliphatic heterocycles. The minimum Gasteiger partial charge on any atom is -0.454 e. The maximum Gasteiger partial charge on any atom is 0.159 e. The molecular formula is C24H16ClNO. The molecule has 0 amide bonds. The van der Waals surface area contributed by atoms with E-state index in [4.69, 9.17) is 16.0 Å². The van der Waals surface area contributed by atoms with Gasteiger partial charge in [0.2, 0.25) is 0 Å². The van der Waals surface area contributed by atoms with Crippen molar-refractivity contribution < 1.29 is 4.42 Å². The number of halogens is 1. The first kappa shape index (κ1) is 16.0. The molecule has 2 nitrogen and oxygen atoms in total. The average Bonchev–Trinajstić information content (AvgIpc) is 3.08. The van der Waals surface area contributed by atoms with Crippen LogP contribution in [-0.2, 0) is 0 Å².